The lowest BCUT2D eigenvalue weighted by Gasteiger charge is -2.05. The molecule has 0 atom stereocenters. The van der Waals surface area contributed by atoms with Gasteiger partial charge in [0.15, 0.2) is 5.13 Å². The van der Waals surface area contributed by atoms with Crippen LogP contribution in [-0.2, 0) is 0 Å². The Balaban J connectivity index is 1.72. The molecule has 1 heterocycles. The molecule has 0 fully saturated rings. The van der Waals surface area contributed by atoms with Crippen LogP contribution < -0.4 is 5.32 Å². The monoisotopic (exact) mass is 350 g/mol. The summed E-state index contributed by atoms with van der Waals surface area (Å²) in [6, 6.07) is 19.9. The minimum Gasteiger partial charge on any atom is -0.298 e. The molecule has 1 aromatic heterocycles. The van der Waals surface area contributed by atoms with Gasteiger partial charge in [-0.05, 0) is 29.8 Å². The van der Waals surface area contributed by atoms with Gasteiger partial charge in [0.2, 0.25) is 0 Å². The molecule has 0 unspecified atom stereocenters. The molecule has 0 bridgehead atoms. The summed E-state index contributed by atoms with van der Waals surface area (Å²) in [6.45, 7) is 0. The van der Waals surface area contributed by atoms with Crippen LogP contribution in [0.4, 0.5) is 5.13 Å². The highest BCUT2D eigenvalue weighted by molar-refractivity contribution is 7.98. The number of hydrogen-bond acceptors (Lipinski definition) is 4. The first-order chi connectivity index (χ1) is 11.8. The van der Waals surface area contributed by atoms with E-state index in [-0.39, 0.29) is 5.91 Å². The standard InChI is InChI=1S/C19H14N2OS2/c1-23-16-9-5-4-8-14(16)18(22)21-19-20-15-11-10-12-6-2-3-7-13(12)17(15)24-19/h2-11H,1H3,(H,20,21,22). The zero-order valence-electron chi connectivity index (χ0n) is 12.9. The van der Waals surface area contributed by atoms with Crippen molar-refractivity contribution >= 4 is 55.1 Å². The van der Waals surface area contributed by atoms with E-state index in [0.717, 1.165) is 20.5 Å². The van der Waals surface area contributed by atoms with Gasteiger partial charge in [0.05, 0.1) is 15.8 Å². The smallest absolute Gasteiger partial charge is 0.258 e. The van der Waals surface area contributed by atoms with Gasteiger partial charge < -0.3 is 0 Å². The number of aromatic nitrogens is 1. The maximum absolute atomic E-state index is 12.6. The second kappa shape index (κ2) is 6.26. The minimum absolute atomic E-state index is 0.122. The Morgan fingerprint density at radius 1 is 1.04 bits per heavy atom. The molecule has 4 rings (SSSR count). The average Bonchev–Trinajstić information content (AvgIpc) is 3.04. The van der Waals surface area contributed by atoms with E-state index in [1.165, 1.54) is 16.7 Å². The third-order valence-electron chi connectivity index (χ3n) is 3.85. The first-order valence-electron chi connectivity index (χ1n) is 7.49. The van der Waals surface area contributed by atoms with Crippen LogP contribution in [0, 0.1) is 0 Å². The van der Waals surface area contributed by atoms with Crippen LogP contribution in [0.5, 0.6) is 0 Å². The van der Waals surface area contributed by atoms with Gasteiger partial charge in [-0.1, -0.05) is 53.8 Å². The van der Waals surface area contributed by atoms with Crippen LogP contribution in [-0.4, -0.2) is 17.1 Å². The molecule has 3 nitrogen and oxygen atoms in total. The van der Waals surface area contributed by atoms with Crippen molar-refractivity contribution in [2.24, 2.45) is 0 Å². The number of anilines is 1. The van der Waals surface area contributed by atoms with E-state index in [4.69, 9.17) is 0 Å². The van der Waals surface area contributed by atoms with Crippen molar-refractivity contribution in [2.45, 2.75) is 4.90 Å². The maximum atomic E-state index is 12.6. The second-order valence-corrected chi connectivity index (χ2v) is 7.16. The Bertz CT molecular complexity index is 1060. The molecule has 0 aliphatic carbocycles. The topological polar surface area (TPSA) is 42.0 Å². The number of hydrogen-bond donors (Lipinski definition) is 1. The summed E-state index contributed by atoms with van der Waals surface area (Å²) in [7, 11) is 0. The largest absolute Gasteiger partial charge is 0.298 e. The Morgan fingerprint density at radius 2 is 1.83 bits per heavy atom. The molecule has 1 amide bonds. The van der Waals surface area contributed by atoms with Gasteiger partial charge in [-0.15, -0.1) is 11.8 Å². The third kappa shape index (κ3) is 2.66. The van der Waals surface area contributed by atoms with Crippen molar-refractivity contribution in [1.82, 2.24) is 4.98 Å². The van der Waals surface area contributed by atoms with Crippen molar-refractivity contribution in [2.75, 3.05) is 11.6 Å². The zero-order valence-corrected chi connectivity index (χ0v) is 14.6. The number of carbonyl (C=O) groups excluding carboxylic acids is 1. The van der Waals surface area contributed by atoms with Crippen molar-refractivity contribution in [1.29, 1.82) is 0 Å². The fourth-order valence-corrected chi connectivity index (χ4v) is 4.30. The van der Waals surface area contributed by atoms with Gasteiger partial charge in [-0.25, -0.2) is 4.98 Å². The molecule has 1 N–H and O–H groups in total. The van der Waals surface area contributed by atoms with Crippen LogP contribution >= 0.6 is 23.1 Å². The fraction of sp³-hybridized carbons (Fsp3) is 0.0526. The number of benzene rings is 3. The van der Waals surface area contributed by atoms with Crippen LogP contribution in [0.2, 0.25) is 0 Å². The number of thiazole rings is 1. The molecular formula is C19H14N2OS2. The summed E-state index contributed by atoms with van der Waals surface area (Å²) in [4.78, 5) is 18.1. The lowest BCUT2D eigenvalue weighted by Crippen LogP contribution is -2.12. The van der Waals surface area contributed by atoms with Crippen molar-refractivity contribution < 1.29 is 4.79 Å². The molecule has 5 heteroatoms. The molecule has 0 saturated carbocycles. The summed E-state index contributed by atoms with van der Waals surface area (Å²) < 4.78 is 1.10. The van der Waals surface area contributed by atoms with Gasteiger partial charge in [0.1, 0.15) is 0 Å². The van der Waals surface area contributed by atoms with Gasteiger partial charge in [-0.3, -0.25) is 10.1 Å². The van der Waals surface area contributed by atoms with Gasteiger partial charge >= 0.3 is 0 Å². The number of nitrogens with one attached hydrogen (secondary N) is 1. The maximum Gasteiger partial charge on any atom is 0.258 e. The molecule has 0 aliphatic heterocycles. The number of fused-ring (bicyclic) bond motifs is 3. The highest BCUT2D eigenvalue weighted by Gasteiger charge is 2.14. The van der Waals surface area contributed by atoms with Crippen LogP contribution in [0.1, 0.15) is 10.4 Å². The van der Waals surface area contributed by atoms with Gasteiger partial charge in [-0.2, -0.15) is 0 Å². The number of rotatable bonds is 3. The van der Waals surface area contributed by atoms with Crippen LogP contribution in [0.3, 0.4) is 0 Å². The molecule has 118 valence electrons. The Labute approximate surface area is 147 Å². The highest BCUT2D eigenvalue weighted by atomic mass is 32.2. The number of amides is 1. The zero-order chi connectivity index (χ0) is 16.5. The van der Waals surface area contributed by atoms with E-state index >= 15 is 0 Å². The quantitative estimate of drug-likeness (QED) is 0.501. The van der Waals surface area contributed by atoms with E-state index in [9.17, 15) is 4.79 Å². The van der Waals surface area contributed by atoms with E-state index < -0.39 is 0 Å². The third-order valence-corrected chi connectivity index (χ3v) is 5.67. The molecule has 0 spiro atoms. The predicted molar refractivity (Wildman–Crippen MR) is 103 cm³/mol. The highest BCUT2D eigenvalue weighted by Crippen LogP contribution is 2.33. The second-order valence-electron chi connectivity index (χ2n) is 5.31. The average molecular weight is 350 g/mol. The normalized spacial score (nSPS) is 11.0. The number of thioether (sulfide) groups is 1. The summed E-state index contributed by atoms with van der Waals surface area (Å²) in [5.74, 6) is -0.122. The first kappa shape index (κ1) is 15.2. The Hall–Kier alpha value is -2.37. The van der Waals surface area contributed by atoms with Crippen LogP contribution in [0.25, 0.3) is 21.0 Å². The van der Waals surface area contributed by atoms with E-state index in [1.54, 1.807) is 11.8 Å². The van der Waals surface area contributed by atoms with Gasteiger partial charge in [0.25, 0.3) is 5.91 Å². The van der Waals surface area contributed by atoms with Gasteiger partial charge in [0, 0.05) is 10.3 Å². The SMILES string of the molecule is CSc1ccccc1C(=O)Nc1nc2ccc3ccccc3c2s1. The van der Waals surface area contributed by atoms with Crippen molar-refractivity contribution in [3.63, 3.8) is 0 Å². The molecule has 0 aliphatic rings. The van der Waals surface area contributed by atoms with Crippen molar-refractivity contribution in [3.05, 3.63) is 66.2 Å². The minimum atomic E-state index is -0.122. The first-order valence-corrected chi connectivity index (χ1v) is 9.53. The summed E-state index contributed by atoms with van der Waals surface area (Å²) in [6.07, 6.45) is 1.97. The molecule has 3 aromatic carbocycles. The van der Waals surface area contributed by atoms with E-state index in [0.29, 0.717) is 10.7 Å². The van der Waals surface area contributed by atoms with Crippen LogP contribution in [0.15, 0.2) is 65.6 Å². The Morgan fingerprint density at radius 3 is 2.71 bits per heavy atom. The molecule has 0 radical (unpaired) electrons. The molecule has 4 aromatic rings. The van der Waals surface area contributed by atoms with Crippen molar-refractivity contribution in [3.8, 4) is 0 Å². The number of nitrogens with zero attached hydrogens (tertiary/aromatic N) is 1. The molecule has 0 saturated heterocycles. The summed E-state index contributed by atoms with van der Waals surface area (Å²) in [5.41, 5.74) is 1.58. The predicted octanol–water partition coefficient (Wildman–Crippen LogP) is 5.42. The Kier molecular flexibility index (Phi) is 3.96. The lowest BCUT2D eigenvalue weighted by atomic mass is 10.1. The lowest BCUT2D eigenvalue weighted by molar-refractivity contribution is 0.102. The summed E-state index contributed by atoms with van der Waals surface area (Å²) >= 11 is 3.08. The fourth-order valence-electron chi connectivity index (χ4n) is 2.71. The summed E-state index contributed by atoms with van der Waals surface area (Å²) in [5, 5.41) is 5.91. The van der Waals surface area contributed by atoms with E-state index in [1.807, 2.05) is 48.7 Å². The van der Waals surface area contributed by atoms with E-state index in [2.05, 4.69) is 28.5 Å². The number of carbonyl (C=O) groups is 1. The molecular weight excluding hydrogens is 336 g/mol. The molecule has 24 heavy (non-hydrogen) atoms.